The van der Waals surface area contributed by atoms with Crippen molar-refractivity contribution in [2.75, 3.05) is 27.5 Å². The lowest BCUT2D eigenvalue weighted by Gasteiger charge is -2.15. The Morgan fingerprint density at radius 3 is 2.93 bits per heavy atom. The minimum atomic E-state index is 0.0458. The highest BCUT2D eigenvalue weighted by Crippen LogP contribution is 2.34. The van der Waals surface area contributed by atoms with Crippen LogP contribution in [0.2, 0.25) is 0 Å². The normalized spacial score (nSPS) is 15.3. The van der Waals surface area contributed by atoms with Crippen LogP contribution in [0.5, 0.6) is 11.5 Å². The van der Waals surface area contributed by atoms with Crippen LogP contribution in [0.4, 0.5) is 0 Å². The fourth-order valence-corrected chi connectivity index (χ4v) is 1.64. The van der Waals surface area contributed by atoms with Gasteiger partial charge in [-0.05, 0) is 24.7 Å². The molecule has 4 nitrogen and oxygen atoms in total. The Hall–Kier alpha value is -1.26. The fraction of sp³-hybridized carbons (Fsp3) is 0.455. The van der Waals surface area contributed by atoms with E-state index in [9.17, 15) is 0 Å². The van der Waals surface area contributed by atoms with Crippen LogP contribution in [0.3, 0.4) is 0 Å². The summed E-state index contributed by atoms with van der Waals surface area (Å²) in [6.45, 7) is 1.08. The van der Waals surface area contributed by atoms with E-state index in [0.29, 0.717) is 6.79 Å². The largest absolute Gasteiger partial charge is 0.454 e. The van der Waals surface area contributed by atoms with Gasteiger partial charge >= 0.3 is 0 Å². The number of hydrogen-bond acceptors (Lipinski definition) is 4. The van der Waals surface area contributed by atoms with Crippen LogP contribution in [-0.4, -0.2) is 27.5 Å². The van der Waals surface area contributed by atoms with E-state index in [0.717, 1.165) is 23.6 Å². The molecule has 1 aliphatic heterocycles. The topological polar surface area (TPSA) is 39.7 Å². The Bertz CT molecular complexity index is 341. The van der Waals surface area contributed by atoms with Crippen LogP contribution in [0.25, 0.3) is 0 Å². The van der Waals surface area contributed by atoms with Crippen LogP contribution < -0.4 is 14.8 Å². The molecule has 4 heteroatoms. The molecule has 0 saturated carbocycles. The molecule has 0 saturated heterocycles. The van der Waals surface area contributed by atoms with Crippen molar-refractivity contribution in [2.45, 2.75) is 6.10 Å². The summed E-state index contributed by atoms with van der Waals surface area (Å²) in [7, 11) is 3.60. The van der Waals surface area contributed by atoms with Crippen LogP contribution in [0.1, 0.15) is 11.7 Å². The SMILES string of the molecule is CNC[C@H](OC)c1ccc2c(c1)OCO2. The molecule has 15 heavy (non-hydrogen) atoms. The first kappa shape index (κ1) is 10.3. The van der Waals surface area contributed by atoms with E-state index < -0.39 is 0 Å². The summed E-state index contributed by atoms with van der Waals surface area (Å²) in [6.07, 6.45) is 0.0458. The van der Waals surface area contributed by atoms with Crippen LogP contribution >= 0.6 is 0 Å². The minimum absolute atomic E-state index is 0.0458. The zero-order chi connectivity index (χ0) is 10.7. The van der Waals surface area contributed by atoms with E-state index in [2.05, 4.69) is 5.32 Å². The maximum atomic E-state index is 5.38. The van der Waals surface area contributed by atoms with Crippen molar-refractivity contribution in [3.63, 3.8) is 0 Å². The van der Waals surface area contributed by atoms with Gasteiger partial charge in [-0.3, -0.25) is 0 Å². The molecule has 0 bridgehead atoms. The second-order valence-corrected chi connectivity index (χ2v) is 3.39. The first-order valence-electron chi connectivity index (χ1n) is 4.92. The number of methoxy groups -OCH3 is 1. The minimum Gasteiger partial charge on any atom is -0.454 e. The first-order valence-corrected chi connectivity index (χ1v) is 4.92. The number of benzene rings is 1. The van der Waals surface area contributed by atoms with Gasteiger partial charge in [-0.1, -0.05) is 6.07 Å². The van der Waals surface area contributed by atoms with E-state index >= 15 is 0 Å². The second kappa shape index (κ2) is 4.51. The smallest absolute Gasteiger partial charge is 0.231 e. The van der Waals surface area contributed by atoms with Gasteiger partial charge in [0.25, 0.3) is 0 Å². The van der Waals surface area contributed by atoms with E-state index in [1.54, 1.807) is 7.11 Å². The zero-order valence-electron chi connectivity index (χ0n) is 8.95. The van der Waals surface area contributed by atoms with Crippen LogP contribution in [-0.2, 0) is 4.74 Å². The van der Waals surface area contributed by atoms with E-state index in [-0.39, 0.29) is 6.10 Å². The zero-order valence-corrected chi connectivity index (χ0v) is 8.95. The van der Waals surface area contributed by atoms with Gasteiger partial charge in [-0.25, -0.2) is 0 Å². The van der Waals surface area contributed by atoms with Crippen molar-refractivity contribution < 1.29 is 14.2 Å². The number of ether oxygens (including phenoxy) is 3. The third kappa shape index (κ3) is 2.06. The maximum Gasteiger partial charge on any atom is 0.231 e. The Morgan fingerprint density at radius 2 is 2.20 bits per heavy atom. The predicted molar refractivity (Wildman–Crippen MR) is 56.2 cm³/mol. The average Bonchev–Trinajstić information content (AvgIpc) is 2.72. The molecule has 0 unspecified atom stereocenters. The molecular formula is C11H15NO3. The summed E-state index contributed by atoms with van der Waals surface area (Å²) >= 11 is 0. The van der Waals surface area contributed by atoms with Crippen molar-refractivity contribution in [1.29, 1.82) is 0 Å². The Morgan fingerprint density at radius 1 is 1.40 bits per heavy atom. The van der Waals surface area contributed by atoms with Crippen molar-refractivity contribution >= 4 is 0 Å². The Kier molecular flexibility index (Phi) is 3.08. The van der Waals surface area contributed by atoms with Crippen LogP contribution in [0.15, 0.2) is 18.2 Å². The number of likely N-dealkylation sites (N-methyl/N-ethyl adjacent to an activating group) is 1. The van der Waals surface area contributed by atoms with Crippen LogP contribution in [0, 0.1) is 0 Å². The van der Waals surface area contributed by atoms with Gasteiger partial charge in [-0.2, -0.15) is 0 Å². The molecule has 0 spiro atoms. The molecule has 0 radical (unpaired) electrons. The monoisotopic (exact) mass is 209 g/mol. The molecule has 1 aromatic carbocycles. The molecule has 1 N–H and O–H groups in total. The third-order valence-corrected chi connectivity index (χ3v) is 2.44. The van der Waals surface area contributed by atoms with Gasteiger partial charge < -0.3 is 19.5 Å². The summed E-state index contributed by atoms with van der Waals surface area (Å²) in [4.78, 5) is 0. The number of hydrogen-bond donors (Lipinski definition) is 1. The highest BCUT2D eigenvalue weighted by molar-refractivity contribution is 5.45. The molecule has 2 rings (SSSR count). The van der Waals surface area contributed by atoms with Gasteiger partial charge in [-0.15, -0.1) is 0 Å². The fourth-order valence-electron chi connectivity index (χ4n) is 1.64. The van der Waals surface area contributed by atoms with Crippen molar-refractivity contribution in [2.24, 2.45) is 0 Å². The van der Waals surface area contributed by atoms with E-state index in [1.807, 2.05) is 25.2 Å². The highest BCUT2D eigenvalue weighted by Gasteiger charge is 2.17. The molecule has 1 atom stereocenters. The molecule has 0 aromatic heterocycles. The lowest BCUT2D eigenvalue weighted by atomic mass is 10.1. The van der Waals surface area contributed by atoms with Gasteiger partial charge in [0.15, 0.2) is 11.5 Å². The highest BCUT2D eigenvalue weighted by atomic mass is 16.7. The van der Waals surface area contributed by atoms with Crippen molar-refractivity contribution in [1.82, 2.24) is 5.32 Å². The summed E-state index contributed by atoms with van der Waals surface area (Å²) in [5.74, 6) is 1.60. The van der Waals surface area contributed by atoms with Gasteiger partial charge in [0.2, 0.25) is 6.79 Å². The molecule has 1 heterocycles. The average molecular weight is 209 g/mol. The number of fused-ring (bicyclic) bond motifs is 1. The van der Waals surface area contributed by atoms with E-state index in [4.69, 9.17) is 14.2 Å². The van der Waals surface area contributed by atoms with Gasteiger partial charge in [0, 0.05) is 13.7 Å². The summed E-state index contributed by atoms with van der Waals surface area (Å²) in [6, 6.07) is 5.88. The van der Waals surface area contributed by atoms with E-state index in [1.165, 1.54) is 0 Å². The summed E-state index contributed by atoms with van der Waals surface area (Å²) in [5.41, 5.74) is 1.09. The predicted octanol–water partition coefficient (Wildman–Crippen LogP) is 1.32. The number of nitrogens with one attached hydrogen (secondary N) is 1. The second-order valence-electron chi connectivity index (χ2n) is 3.39. The third-order valence-electron chi connectivity index (χ3n) is 2.44. The maximum absolute atomic E-state index is 5.38. The van der Waals surface area contributed by atoms with Gasteiger partial charge in [0.05, 0.1) is 6.10 Å². The molecule has 1 aromatic rings. The number of rotatable bonds is 4. The quantitative estimate of drug-likeness (QED) is 0.812. The standard InChI is InChI=1S/C11H15NO3/c1-12-6-11(13-2)8-3-4-9-10(5-8)15-7-14-9/h3-5,11-12H,6-7H2,1-2H3/t11-/m0/s1. The summed E-state index contributed by atoms with van der Waals surface area (Å²) in [5, 5.41) is 3.09. The molecule has 82 valence electrons. The molecule has 0 amide bonds. The Balaban J connectivity index is 2.20. The van der Waals surface area contributed by atoms with Gasteiger partial charge in [0.1, 0.15) is 0 Å². The molecule has 0 aliphatic carbocycles. The van der Waals surface area contributed by atoms with Crippen molar-refractivity contribution in [3.8, 4) is 11.5 Å². The Labute approximate surface area is 89.1 Å². The lowest BCUT2D eigenvalue weighted by Crippen LogP contribution is -2.18. The molecule has 1 aliphatic rings. The molecule has 0 fully saturated rings. The van der Waals surface area contributed by atoms with Crippen molar-refractivity contribution in [3.05, 3.63) is 23.8 Å². The molecular weight excluding hydrogens is 194 g/mol. The lowest BCUT2D eigenvalue weighted by molar-refractivity contribution is 0.104. The summed E-state index contributed by atoms with van der Waals surface area (Å²) < 4.78 is 15.9. The first-order chi connectivity index (χ1) is 7.35.